The molecule has 1 N–H and O–H groups in total. The average Bonchev–Trinajstić information content (AvgIpc) is 2.98. The molecule has 0 fully saturated rings. The molecule has 4 nitrogen and oxygen atoms in total. The van der Waals surface area contributed by atoms with Gasteiger partial charge in [0, 0.05) is 28.9 Å². The SMILES string of the molecule is O=C(N[C@]1(Cc2ccccc2)C(=O)Oc2c(ccc3ccccc23)[C@@H]1c1ccc(C(F)(F)F)cc1)c1ccccc1. The molecule has 7 heteroatoms. The van der Waals surface area contributed by atoms with Crippen LogP contribution in [0, 0.1) is 0 Å². The Morgan fingerprint density at radius 2 is 1.41 bits per heavy atom. The molecule has 204 valence electrons. The molecule has 0 radical (unpaired) electrons. The first-order valence-corrected chi connectivity index (χ1v) is 13.1. The number of hydrogen-bond donors (Lipinski definition) is 1. The minimum atomic E-state index is -4.53. The highest BCUT2D eigenvalue weighted by atomic mass is 19.4. The van der Waals surface area contributed by atoms with Crippen molar-refractivity contribution < 1.29 is 27.5 Å². The highest BCUT2D eigenvalue weighted by Gasteiger charge is 2.54. The third-order valence-corrected chi connectivity index (χ3v) is 7.54. The van der Waals surface area contributed by atoms with Crippen LogP contribution >= 0.6 is 0 Å². The Balaban J connectivity index is 1.60. The molecule has 0 spiro atoms. The number of amides is 1. The van der Waals surface area contributed by atoms with Crippen LogP contribution in [0.4, 0.5) is 13.2 Å². The highest BCUT2D eigenvalue weighted by Crippen LogP contribution is 2.49. The molecule has 2 atom stereocenters. The van der Waals surface area contributed by atoms with Crippen LogP contribution < -0.4 is 10.1 Å². The molecule has 1 heterocycles. The Kier molecular flexibility index (Phi) is 6.58. The standard InChI is InChI=1S/C34H24F3NO3/c35-34(36,37)26-18-15-24(16-19-26)29-28-20-17-23-11-7-8-14-27(23)30(28)41-32(40)33(29,21-22-9-3-1-4-10-22)38-31(39)25-12-5-2-6-13-25/h1-20,29H,21H2,(H,38,39)/t29-,33-/m0/s1. The summed E-state index contributed by atoms with van der Waals surface area (Å²) in [5.74, 6) is -1.73. The van der Waals surface area contributed by atoms with Gasteiger partial charge in [0.05, 0.1) is 5.56 Å². The summed E-state index contributed by atoms with van der Waals surface area (Å²) >= 11 is 0. The van der Waals surface area contributed by atoms with Crippen LogP contribution in [0.2, 0.25) is 0 Å². The van der Waals surface area contributed by atoms with Crippen molar-refractivity contribution in [2.45, 2.75) is 24.1 Å². The van der Waals surface area contributed by atoms with Crippen molar-refractivity contribution >= 4 is 22.6 Å². The number of benzene rings is 5. The predicted molar refractivity (Wildman–Crippen MR) is 150 cm³/mol. The molecule has 0 aromatic heterocycles. The van der Waals surface area contributed by atoms with Gasteiger partial charge in [-0.2, -0.15) is 13.2 Å². The molecule has 1 amide bonds. The number of fused-ring (bicyclic) bond motifs is 3. The van der Waals surface area contributed by atoms with Gasteiger partial charge in [-0.25, -0.2) is 4.79 Å². The Hall–Kier alpha value is -4.91. The van der Waals surface area contributed by atoms with Crippen LogP contribution in [0.15, 0.2) is 121 Å². The number of carbonyl (C=O) groups is 2. The van der Waals surface area contributed by atoms with E-state index < -0.39 is 35.1 Å². The summed E-state index contributed by atoms with van der Waals surface area (Å²) < 4.78 is 46.6. The van der Waals surface area contributed by atoms with Gasteiger partial charge in [-0.1, -0.05) is 97.1 Å². The maximum Gasteiger partial charge on any atom is 0.416 e. The van der Waals surface area contributed by atoms with Gasteiger partial charge in [0.25, 0.3) is 5.91 Å². The quantitative estimate of drug-likeness (QED) is 0.184. The maximum absolute atomic E-state index is 14.3. The Morgan fingerprint density at radius 1 is 0.780 bits per heavy atom. The second-order valence-corrected chi connectivity index (χ2v) is 10.1. The molecule has 5 aromatic rings. The van der Waals surface area contributed by atoms with Gasteiger partial charge in [-0.15, -0.1) is 0 Å². The first kappa shape index (κ1) is 26.3. The van der Waals surface area contributed by atoms with E-state index in [1.165, 1.54) is 12.1 Å². The number of ether oxygens (including phenoxy) is 1. The molecule has 0 unspecified atom stereocenters. The van der Waals surface area contributed by atoms with E-state index in [0.717, 1.165) is 23.1 Å². The lowest BCUT2D eigenvalue weighted by atomic mass is 9.69. The van der Waals surface area contributed by atoms with Gasteiger partial charge in [0.15, 0.2) is 5.54 Å². The van der Waals surface area contributed by atoms with Crippen molar-refractivity contribution in [1.82, 2.24) is 5.32 Å². The molecule has 5 aromatic carbocycles. The van der Waals surface area contributed by atoms with Crippen LogP contribution in [0.3, 0.4) is 0 Å². The summed E-state index contributed by atoms with van der Waals surface area (Å²) in [5.41, 5.74) is -0.367. The smallest absolute Gasteiger partial charge is 0.416 e. The van der Waals surface area contributed by atoms with Crippen LogP contribution in [0.1, 0.15) is 38.5 Å². The minimum Gasteiger partial charge on any atom is -0.424 e. The number of hydrogen-bond acceptors (Lipinski definition) is 3. The summed E-state index contributed by atoms with van der Waals surface area (Å²) in [4.78, 5) is 28.0. The molecule has 41 heavy (non-hydrogen) atoms. The van der Waals surface area contributed by atoms with Crippen LogP contribution in [-0.2, 0) is 17.4 Å². The highest BCUT2D eigenvalue weighted by molar-refractivity contribution is 6.02. The molecule has 6 rings (SSSR count). The third-order valence-electron chi connectivity index (χ3n) is 7.54. The fraction of sp³-hybridized carbons (Fsp3) is 0.118. The summed E-state index contributed by atoms with van der Waals surface area (Å²) in [6.45, 7) is 0. The lowest BCUT2D eigenvalue weighted by molar-refractivity contribution is -0.144. The Bertz CT molecular complexity index is 1740. The molecule has 0 aliphatic carbocycles. The molecule has 1 aliphatic rings. The predicted octanol–water partition coefficient (Wildman–Crippen LogP) is 7.32. The molecule has 1 aliphatic heterocycles. The van der Waals surface area contributed by atoms with Gasteiger partial charge in [-0.05, 0) is 40.8 Å². The number of halogens is 3. The van der Waals surface area contributed by atoms with Crippen LogP contribution in [0.5, 0.6) is 5.75 Å². The summed E-state index contributed by atoms with van der Waals surface area (Å²) in [6, 6.07) is 33.5. The van der Waals surface area contributed by atoms with Crippen molar-refractivity contribution in [3.63, 3.8) is 0 Å². The number of nitrogens with one attached hydrogen (secondary N) is 1. The first-order chi connectivity index (χ1) is 19.8. The summed E-state index contributed by atoms with van der Waals surface area (Å²) in [6.07, 6.45) is -4.48. The zero-order valence-electron chi connectivity index (χ0n) is 21.7. The van der Waals surface area contributed by atoms with Gasteiger partial charge in [-0.3, -0.25) is 4.79 Å². The van der Waals surface area contributed by atoms with E-state index in [-0.39, 0.29) is 6.42 Å². The van der Waals surface area contributed by atoms with E-state index in [9.17, 15) is 22.8 Å². The van der Waals surface area contributed by atoms with Crippen LogP contribution in [0.25, 0.3) is 10.8 Å². The second-order valence-electron chi connectivity index (χ2n) is 10.1. The molecular weight excluding hydrogens is 527 g/mol. The first-order valence-electron chi connectivity index (χ1n) is 13.1. The minimum absolute atomic E-state index is 0.0448. The number of rotatable bonds is 5. The largest absolute Gasteiger partial charge is 0.424 e. The fourth-order valence-electron chi connectivity index (χ4n) is 5.62. The molecule has 0 saturated carbocycles. The lowest BCUT2D eigenvalue weighted by Gasteiger charge is -2.44. The van der Waals surface area contributed by atoms with Crippen LogP contribution in [-0.4, -0.2) is 17.4 Å². The van der Waals surface area contributed by atoms with E-state index in [1.54, 1.807) is 30.3 Å². The van der Waals surface area contributed by atoms with E-state index in [0.29, 0.717) is 27.8 Å². The van der Waals surface area contributed by atoms with Gasteiger partial charge < -0.3 is 10.1 Å². The second kappa shape index (κ2) is 10.2. The average molecular weight is 552 g/mol. The summed E-state index contributed by atoms with van der Waals surface area (Å²) in [7, 11) is 0. The molecule has 0 saturated heterocycles. The van der Waals surface area contributed by atoms with Gasteiger partial charge >= 0.3 is 12.1 Å². The monoisotopic (exact) mass is 551 g/mol. The van der Waals surface area contributed by atoms with Gasteiger partial charge in [0.2, 0.25) is 0 Å². The summed E-state index contributed by atoms with van der Waals surface area (Å²) in [5, 5.41) is 4.53. The van der Waals surface area contributed by atoms with E-state index >= 15 is 0 Å². The van der Waals surface area contributed by atoms with Gasteiger partial charge in [0.1, 0.15) is 5.75 Å². The number of alkyl halides is 3. The van der Waals surface area contributed by atoms with Crippen molar-refractivity contribution in [2.75, 3.05) is 0 Å². The van der Waals surface area contributed by atoms with E-state index in [1.807, 2.05) is 66.7 Å². The van der Waals surface area contributed by atoms with E-state index in [2.05, 4.69) is 5.32 Å². The number of esters is 1. The zero-order chi connectivity index (χ0) is 28.6. The topological polar surface area (TPSA) is 55.4 Å². The Labute approximate surface area is 234 Å². The van der Waals surface area contributed by atoms with Crippen molar-refractivity contribution in [3.05, 3.63) is 149 Å². The molecular formula is C34H24F3NO3. The number of carbonyl (C=O) groups excluding carboxylic acids is 2. The van der Waals surface area contributed by atoms with E-state index in [4.69, 9.17) is 4.74 Å². The normalized spacial score (nSPS) is 18.4. The van der Waals surface area contributed by atoms with Crippen molar-refractivity contribution in [1.29, 1.82) is 0 Å². The third kappa shape index (κ3) is 4.84. The zero-order valence-corrected chi connectivity index (χ0v) is 21.7. The Morgan fingerprint density at radius 3 is 2.10 bits per heavy atom. The maximum atomic E-state index is 14.3. The lowest BCUT2D eigenvalue weighted by Crippen LogP contribution is -2.63. The van der Waals surface area contributed by atoms with Crippen molar-refractivity contribution in [2.24, 2.45) is 0 Å². The van der Waals surface area contributed by atoms with Crippen molar-refractivity contribution in [3.8, 4) is 5.75 Å². The fourth-order valence-corrected chi connectivity index (χ4v) is 5.62. The molecule has 0 bridgehead atoms.